The van der Waals surface area contributed by atoms with Crippen LogP contribution in [0.3, 0.4) is 0 Å². The zero-order valence-corrected chi connectivity index (χ0v) is 10.8. The summed E-state index contributed by atoms with van der Waals surface area (Å²) in [7, 11) is 0. The van der Waals surface area contributed by atoms with Gasteiger partial charge in [-0.2, -0.15) is 0 Å². The third-order valence-corrected chi connectivity index (χ3v) is 2.72. The second-order valence-electron chi connectivity index (χ2n) is 3.52. The zero-order chi connectivity index (χ0) is 12.3. The summed E-state index contributed by atoms with van der Waals surface area (Å²) in [6.45, 7) is 3.71. The van der Waals surface area contributed by atoms with Gasteiger partial charge in [0.1, 0.15) is 5.69 Å². The fraction of sp³-hybridized carbons (Fsp3) is 0.273. The third-order valence-electron chi connectivity index (χ3n) is 2.23. The molecular weight excluding hydrogens is 259 g/mol. The van der Waals surface area contributed by atoms with Gasteiger partial charge in [0.2, 0.25) is 0 Å². The second kappa shape index (κ2) is 5.49. The summed E-state index contributed by atoms with van der Waals surface area (Å²) < 4.78 is 0. The molecule has 17 heavy (non-hydrogen) atoms. The number of aromatic nitrogens is 3. The Balaban J connectivity index is 2.24. The molecule has 0 aliphatic heterocycles. The lowest BCUT2D eigenvalue weighted by Gasteiger charge is -2.00. The van der Waals surface area contributed by atoms with Gasteiger partial charge in [-0.3, -0.25) is 0 Å². The van der Waals surface area contributed by atoms with E-state index in [-0.39, 0.29) is 0 Å². The first kappa shape index (κ1) is 12.4. The molecule has 0 amide bonds. The smallest absolute Gasteiger partial charge is 0.157 e. The van der Waals surface area contributed by atoms with Crippen LogP contribution in [0.5, 0.6) is 0 Å². The number of H-pyrrole nitrogens is 1. The Labute approximate surface area is 109 Å². The van der Waals surface area contributed by atoms with Gasteiger partial charge in [0.25, 0.3) is 0 Å². The van der Waals surface area contributed by atoms with Crippen molar-refractivity contribution in [2.45, 2.75) is 13.5 Å². The number of nitrogens with one attached hydrogen (secondary N) is 2. The van der Waals surface area contributed by atoms with Crippen molar-refractivity contribution in [3.8, 4) is 11.5 Å². The van der Waals surface area contributed by atoms with Crippen LogP contribution in [-0.2, 0) is 6.54 Å². The fourth-order valence-corrected chi connectivity index (χ4v) is 1.89. The predicted molar refractivity (Wildman–Crippen MR) is 69.2 cm³/mol. The fourth-order valence-electron chi connectivity index (χ4n) is 1.42. The molecule has 2 N–H and O–H groups in total. The van der Waals surface area contributed by atoms with Gasteiger partial charge in [-0.15, -0.1) is 0 Å². The molecular formula is C11H12Cl2N4. The molecule has 2 heterocycles. The first-order chi connectivity index (χ1) is 8.20. The highest BCUT2D eigenvalue weighted by atomic mass is 35.5. The molecule has 0 atom stereocenters. The number of nitrogens with zero attached hydrogens (tertiary/aromatic N) is 2. The van der Waals surface area contributed by atoms with Crippen molar-refractivity contribution in [1.82, 2.24) is 20.3 Å². The predicted octanol–water partition coefficient (Wildman–Crippen LogP) is 2.89. The van der Waals surface area contributed by atoms with E-state index in [1.54, 1.807) is 18.5 Å². The van der Waals surface area contributed by atoms with Crippen LogP contribution in [0.25, 0.3) is 11.5 Å². The molecule has 0 radical (unpaired) electrons. The van der Waals surface area contributed by atoms with Gasteiger partial charge in [0, 0.05) is 18.4 Å². The van der Waals surface area contributed by atoms with E-state index in [0.717, 1.165) is 18.8 Å². The minimum Gasteiger partial charge on any atom is -0.339 e. The maximum absolute atomic E-state index is 6.06. The number of pyridine rings is 1. The highest BCUT2D eigenvalue weighted by molar-refractivity contribution is 6.35. The summed E-state index contributed by atoms with van der Waals surface area (Å²) in [5.41, 5.74) is 1.61. The Morgan fingerprint density at radius 3 is 2.82 bits per heavy atom. The Bertz CT molecular complexity index is 510. The number of imidazole rings is 1. The molecule has 0 saturated carbocycles. The van der Waals surface area contributed by atoms with Crippen LogP contribution in [0.15, 0.2) is 18.5 Å². The maximum Gasteiger partial charge on any atom is 0.157 e. The Morgan fingerprint density at radius 1 is 1.29 bits per heavy atom. The molecule has 90 valence electrons. The molecule has 0 aromatic carbocycles. The summed E-state index contributed by atoms with van der Waals surface area (Å²) in [6.07, 6.45) is 3.32. The largest absolute Gasteiger partial charge is 0.339 e. The second-order valence-corrected chi connectivity index (χ2v) is 4.36. The van der Waals surface area contributed by atoms with Crippen LogP contribution in [0.4, 0.5) is 0 Å². The standard InChI is InChI=1S/C11H12Cl2N4/c1-2-14-5-8-6-16-11(17-8)10-9(13)3-7(12)4-15-10/h3-4,6,14H,2,5H2,1H3,(H,16,17). The SMILES string of the molecule is CCNCc1cnc(-c2ncc(Cl)cc2Cl)[nH]1. The highest BCUT2D eigenvalue weighted by Crippen LogP contribution is 2.25. The summed E-state index contributed by atoms with van der Waals surface area (Å²) in [5.74, 6) is 0.652. The molecule has 0 unspecified atom stereocenters. The lowest BCUT2D eigenvalue weighted by atomic mass is 10.3. The van der Waals surface area contributed by atoms with Gasteiger partial charge >= 0.3 is 0 Å². The van der Waals surface area contributed by atoms with Crippen LogP contribution < -0.4 is 5.32 Å². The van der Waals surface area contributed by atoms with Crippen LogP contribution in [0.1, 0.15) is 12.6 Å². The van der Waals surface area contributed by atoms with E-state index >= 15 is 0 Å². The van der Waals surface area contributed by atoms with Crippen LogP contribution >= 0.6 is 23.2 Å². The first-order valence-electron chi connectivity index (χ1n) is 5.26. The quantitative estimate of drug-likeness (QED) is 0.899. The lowest BCUT2D eigenvalue weighted by Crippen LogP contribution is -2.11. The van der Waals surface area contributed by atoms with Gasteiger partial charge in [-0.1, -0.05) is 30.1 Å². The molecule has 2 aromatic rings. The van der Waals surface area contributed by atoms with Crippen molar-refractivity contribution in [2.75, 3.05) is 6.54 Å². The van der Waals surface area contributed by atoms with Gasteiger partial charge < -0.3 is 10.3 Å². The van der Waals surface area contributed by atoms with Gasteiger partial charge in [-0.05, 0) is 12.6 Å². The topological polar surface area (TPSA) is 53.6 Å². The Kier molecular flexibility index (Phi) is 3.99. The number of halogens is 2. The van der Waals surface area contributed by atoms with Gasteiger partial charge in [0.15, 0.2) is 5.82 Å². The van der Waals surface area contributed by atoms with Crippen molar-refractivity contribution in [3.63, 3.8) is 0 Å². The molecule has 0 aliphatic carbocycles. The van der Waals surface area contributed by atoms with E-state index in [1.807, 2.05) is 0 Å². The molecule has 2 aromatic heterocycles. The first-order valence-corrected chi connectivity index (χ1v) is 6.02. The minimum absolute atomic E-state index is 0.488. The van der Waals surface area contributed by atoms with E-state index in [1.165, 1.54) is 0 Å². The van der Waals surface area contributed by atoms with E-state index < -0.39 is 0 Å². The van der Waals surface area contributed by atoms with E-state index in [9.17, 15) is 0 Å². The van der Waals surface area contributed by atoms with E-state index in [2.05, 4.69) is 27.2 Å². The van der Waals surface area contributed by atoms with Crippen molar-refractivity contribution in [2.24, 2.45) is 0 Å². The maximum atomic E-state index is 6.06. The molecule has 0 spiro atoms. The van der Waals surface area contributed by atoms with Gasteiger partial charge in [0.05, 0.1) is 16.2 Å². The van der Waals surface area contributed by atoms with Crippen molar-refractivity contribution >= 4 is 23.2 Å². The van der Waals surface area contributed by atoms with Gasteiger partial charge in [-0.25, -0.2) is 9.97 Å². The third kappa shape index (κ3) is 2.97. The average molecular weight is 271 g/mol. The normalized spacial score (nSPS) is 10.8. The molecule has 2 rings (SSSR count). The van der Waals surface area contributed by atoms with Crippen molar-refractivity contribution in [3.05, 3.63) is 34.2 Å². The van der Waals surface area contributed by atoms with Crippen LogP contribution in [-0.4, -0.2) is 21.5 Å². The van der Waals surface area contributed by atoms with E-state index in [4.69, 9.17) is 23.2 Å². The molecule has 0 aliphatic rings. The molecule has 6 heteroatoms. The Hall–Kier alpha value is -1.10. The zero-order valence-electron chi connectivity index (χ0n) is 9.30. The molecule has 0 fully saturated rings. The number of hydrogen-bond donors (Lipinski definition) is 2. The summed E-state index contributed by atoms with van der Waals surface area (Å²) in [6, 6.07) is 1.65. The average Bonchev–Trinajstić information content (AvgIpc) is 2.75. The monoisotopic (exact) mass is 270 g/mol. The van der Waals surface area contributed by atoms with Crippen molar-refractivity contribution in [1.29, 1.82) is 0 Å². The molecule has 0 saturated heterocycles. The lowest BCUT2D eigenvalue weighted by molar-refractivity contribution is 0.714. The Morgan fingerprint density at radius 2 is 2.12 bits per heavy atom. The summed E-state index contributed by atoms with van der Waals surface area (Å²) in [5, 5.41) is 4.21. The highest BCUT2D eigenvalue weighted by Gasteiger charge is 2.09. The van der Waals surface area contributed by atoms with Crippen LogP contribution in [0, 0.1) is 0 Å². The molecule has 4 nitrogen and oxygen atoms in total. The summed E-state index contributed by atoms with van der Waals surface area (Å²) in [4.78, 5) is 11.6. The number of hydrogen-bond acceptors (Lipinski definition) is 3. The number of rotatable bonds is 4. The van der Waals surface area contributed by atoms with Crippen molar-refractivity contribution < 1.29 is 0 Å². The minimum atomic E-state index is 0.488. The summed E-state index contributed by atoms with van der Waals surface area (Å²) >= 11 is 11.8. The van der Waals surface area contributed by atoms with Crippen LogP contribution in [0.2, 0.25) is 10.0 Å². The molecule has 0 bridgehead atoms. The van der Waals surface area contributed by atoms with E-state index in [0.29, 0.717) is 21.6 Å². The number of aromatic amines is 1.